The van der Waals surface area contributed by atoms with Crippen molar-refractivity contribution in [1.29, 1.82) is 0 Å². The number of nitrogens with two attached hydrogens (primary N) is 1. The molecule has 2 aliphatic rings. The number of piperidine rings is 1. The summed E-state index contributed by atoms with van der Waals surface area (Å²) in [7, 11) is 0. The molecule has 0 saturated carbocycles. The summed E-state index contributed by atoms with van der Waals surface area (Å²) in [5.74, 6) is 1.63. The highest BCUT2D eigenvalue weighted by Crippen LogP contribution is 2.29. The SMILES string of the molecule is C=CC/C=C\C(OC[C@H]1CCCN1c1ncnc2nc[nH]c12)=C1/CCCN(C(=O)[C@@H](N)Cc2cnc[nH]2)C1. The monoisotopic (exact) mass is 517 g/mol. The molecule has 1 amide bonds. The normalized spacial score (nSPS) is 20.3. The molecule has 0 spiro atoms. The highest BCUT2D eigenvalue weighted by molar-refractivity contribution is 5.83. The number of aromatic nitrogens is 6. The third kappa shape index (κ3) is 5.77. The van der Waals surface area contributed by atoms with Crippen molar-refractivity contribution in [2.75, 3.05) is 31.1 Å². The number of hydrogen-bond acceptors (Lipinski definition) is 8. The molecule has 3 aromatic heterocycles. The van der Waals surface area contributed by atoms with Crippen LogP contribution in [0, 0.1) is 0 Å². The Morgan fingerprint density at radius 2 is 2.16 bits per heavy atom. The average molecular weight is 518 g/mol. The van der Waals surface area contributed by atoms with E-state index in [1.807, 2.05) is 23.1 Å². The van der Waals surface area contributed by atoms with Gasteiger partial charge in [-0.25, -0.2) is 19.9 Å². The molecule has 0 unspecified atom stereocenters. The second kappa shape index (κ2) is 12.0. The minimum atomic E-state index is -0.616. The second-order valence-electron chi connectivity index (χ2n) is 9.74. The van der Waals surface area contributed by atoms with Crippen LogP contribution in [0.25, 0.3) is 11.2 Å². The van der Waals surface area contributed by atoms with Crippen LogP contribution < -0.4 is 10.6 Å². The van der Waals surface area contributed by atoms with Crippen LogP contribution in [0.4, 0.5) is 5.82 Å². The summed E-state index contributed by atoms with van der Waals surface area (Å²) in [6.45, 7) is 6.43. The summed E-state index contributed by atoms with van der Waals surface area (Å²) in [5.41, 5.74) is 9.74. The van der Waals surface area contributed by atoms with Crippen LogP contribution in [0.1, 0.15) is 37.8 Å². The lowest BCUT2D eigenvalue weighted by molar-refractivity contribution is -0.132. The van der Waals surface area contributed by atoms with E-state index in [0.717, 1.165) is 67.0 Å². The van der Waals surface area contributed by atoms with E-state index in [9.17, 15) is 4.79 Å². The lowest BCUT2D eigenvalue weighted by Gasteiger charge is -2.32. The van der Waals surface area contributed by atoms with Gasteiger partial charge in [0.05, 0.1) is 24.7 Å². The second-order valence-corrected chi connectivity index (χ2v) is 9.74. The zero-order chi connectivity index (χ0) is 26.3. The van der Waals surface area contributed by atoms with Gasteiger partial charge in [0.25, 0.3) is 0 Å². The van der Waals surface area contributed by atoms with Crippen LogP contribution in [-0.2, 0) is 16.0 Å². The number of carbonyl (C=O) groups is 1. The minimum absolute atomic E-state index is 0.0551. The zero-order valence-electron chi connectivity index (χ0n) is 21.6. The summed E-state index contributed by atoms with van der Waals surface area (Å²) >= 11 is 0. The smallest absolute Gasteiger partial charge is 0.240 e. The van der Waals surface area contributed by atoms with Gasteiger partial charge in [-0.15, -0.1) is 6.58 Å². The van der Waals surface area contributed by atoms with Crippen molar-refractivity contribution < 1.29 is 9.53 Å². The van der Waals surface area contributed by atoms with Gasteiger partial charge in [-0.3, -0.25) is 4.79 Å². The lowest BCUT2D eigenvalue weighted by atomic mass is 10.0. The molecule has 0 radical (unpaired) electrons. The van der Waals surface area contributed by atoms with Crippen molar-refractivity contribution in [2.24, 2.45) is 5.73 Å². The molecule has 11 nitrogen and oxygen atoms in total. The van der Waals surface area contributed by atoms with Gasteiger partial charge in [-0.2, -0.15) is 0 Å². The van der Waals surface area contributed by atoms with Gasteiger partial charge >= 0.3 is 0 Å². The number of hydrogen-bond donors (Lipinski definition) is 3. The van der Waals surface area contributed by atoms with Crippen LogP contribution >= 0.6 is 0 Å². The first-order valence-corrected chi connectivity index (χ1v) is 13.2. The first-order chi connectivity index (χ1) is 18.6. The zero-order valence-corrected chi connectivity index (χ0v) is 21.6. The number of aromatic amines is 2. The summed E-state index contributed by atoms with van der Waals surface area (Å²) in [6.07, 6.45) is 17.4. The predicted octanol–water partition coefficient (Wildman–Crippen LogP) is 2.64. The molecule has 2 atom stereocenters. The Kier molecular flexibility index (Phi) is 8.12. The number of ether oxygens (including phenoxy) is 1. The molecule has 5 rings (SSSR count). The Bertz CT molecular complexity index is 1300. The molecule has 0 aromatic carbocycles. The maximum Gasteiger partial charge on any atom is 0.240 e. The van der Waals surface area contributed by atoms with Crippen molar-refractivity contribution in [3.8, 4) is 0 Å². The Balaban J connectivity index is 1.30. The molecule has 200 valence electrons. The molecule has 4 N–H and O–H groups in total. The highest BCUT2D eigenvalue weighted by Gasteiger charge is 2.30. The number of H-pyrrole nitrogens is 2. The summed E-state index contributed by atoms with van der Waals surface area (Å²) < 4.78 is 6.50. The largest absolute Gasteiger partial charge is 0.491 e. The summed E-state index contributed by atoms with van der Waals surface area (Å²) in [5, 5.41) is 0. The van der Waals surface area contributed by atoms with Crippen molar-refractivity contribution in [3.63, 3.8) is 0 Å². The van der Waals surface area contributed by atoms with Crippen molar-refractivity contribution in [1.82, 2.24) is 34.8 Å². The van der Waals surface area contributed by atoms with Gasteiger partial charge in [0.1, 0.15) is 24.2 Å². The van der Waals surface area contributed by atoms with E-state index in [-0.39, 0.29) is 11.9 Å². The third-order valence-corrected chi connectivity index (χ3v) is 7.12. The highest BCUT2D eigenvalue weighted by atomic mass is 16.5. The van der Waals surface area contributed by atoms with Crippen LogP contribution in [0.3, 0.4) is 0 Å². The van der Waals surface area contributed by atoms with E-state index >= 15 is 0 Å². The maximum absolute atomic E-state index is 13.1. The molecule has 5 heterocycles. The summed E-state index contributed by atoms with van der Waals surface area (Å²) in [4.78, 5) is 40.6. The van der Waals surface area contributed by atoms with Gasteiger partial charge < -0.3 is 30.2 Å². The van der Waals surface area contributed by atoms with E-state index in [1.165, 1.54) is 0 Å². The first kappa shape index (κ1) is 25.7. The van der Waals surface area contributed by atoms with E-state index in [4.69, 9.17) is 10.5 Å². The van der Waals surface area contributed by atoms with Crippen molar-refractivity contribution in [3.05, 3.63) is 67.0 Å². The Labute approximate surface area is 221 Å². The van der Waals surface area contributed by atoms with Crippen molar-refractivity contribution in [2.45, 2.75) is 50.6 Å². The fraction of sp³-hybridized carbons (Fsp3) is 0.444. The number of nitrogens with zero attached hydrogens (tertiary/aromatic N) is 6. The molecule has 3 aromatic rings. The van der Waals surface area contributed by atoms with Crippen LogP contribution in [0.5, 0.6) is 0 Å². The topological polar surface area (TPSA) is 142 Å². The number of rotatable bonds is 10. The van der Waals surface area contributed by atoms with E-state index in [0.29, 0.717) is 31.8 Å². The predicted molar refractivity (Wildman–Crippen MR) is 145 cm³/mol. The number of carbonyl (C=O) groups excluding carboxylic acids is 1. The standard InChI is InChI=1S/C27H35N9O2/c1-2-3-4-9-23(19-7-5-10-35(14-19)27(37)22(28)12-20-13-29-16-30-20)38-15-21-8-6-11-36(21)26-24-25(32-17-31-24)33-18-34-26/h2,4,9,13,16-18,21-22H,1,3,5-8,10-12,14-15,28H2,(H,29,30)(H,31,32,33,34)/b9-4-,23-19-/t21-,22+/m1/s1. The molecular formula is C27H35N9O2. The third-order valence-electron chi connectivity index (χ3n) is 7.12. The molecule has 2 aliphatic heterocycles. The number of amides is 1. The Morgan fingerprint density at radius 1 is 1.24 bits per heavy atom. The Hall–Kier alpha value is -3.99. The lowest BCUT2D eigenvalue weighted by Crippen LogP contribution is -2.47. The molecule has 38 heavy (non-hydrogen) atoms. The maximum atomic E-state index is 13.1. The van der Waals surface area contributed by atoms with Gasteiger partial charge in [0, 0.05) is 37.9 Å². The summed E-state index contributed by atoms with van der Waals surface area (Å²) in [6, 6.07) is -0.446. The van der Waals surface area contributed by atoms with Gasteiger partial charge in [-0.1, -0.05) is 12.2 Å². The fourth-order valence-electron chi connectivity index (χ4n) is 5.20. The molecule has 0 aliphatic carbocycles. The van der Waals surface area contributed by atoms with Gasteiger partial charge in [0.2, 0.25) is 5.91 Å². The molecule has 11 heteroatoms. The van der Waals surface area contributed by atoms with E-state index < -0.39 is 6.04 Å². The first-order valence-electron chi connectivity index (χ1n) is 13.2. The van der Waals surface area contributed by atoms with Crippen LogP contribution in [0.15, 0.2) is 61.3 Å². The number of allylic oxidation sites excluding steroid dienone is 3. The van der Waals surface area contributed by atoms with Gasteiger partial charge in [0.15, 0.2) is 11.5 Å². The number of likely N-dealkylation sites (tertiary alicyclic amines) is 1. The van der Waals surface area contributed by atoms with Crippen molar-refractivity contribution >= 4 is 22.9 Å². The molecule has 2 saturated heterocycles. The fourth-order valence-corrected chi connectivity index (χ4v) is 5.20. The number of fused-ring (bicyclic) bond motifs is 1. The van der Waals surface area contributed by atoms with E-state index in [2.05, 4.69) is 41.4 Å². The van der Waals surface area contributed by atoms with Gasteiger partial charge in [-0.05, 0) is 43.8 Å². The number of nitrogens with one attached hydrogen (secondary N) is 2. The molecule has 2 fully saturated rings. The average Bonchev–Trinajstić information content (AvgIpc) is 3.72. The van der Waals surface area contributed by atoms with Crippen LogP contribution in [0.2, 0.25) is 0 Å². The molecule has 0 bridgehead atoms. The molecular weight excluding hydrogens is 482 g/mol. The Morgan fingerprint density at radius 3 is 3.00 bits per heavy atom. The van der Waals surface area contributed by atoms with E-state index in [1.54, 1.807) is 25.2 Å². The van der Waals surface area contributed by atoms with Crippen LogP contribution in [-0.4, -0.2) is 79.0 Å². The number of anilines is 1. The minimum Gasteiger partial charge on any atom is -0.491 e. The quantitative estimate of drug-likeness (QED) is 0.275. The number of imidazole rings is 2.